The zero-order chi connectivity index (χ0) is 17.9. The highest BCUT2D eigenvalue weighted by Crippen LogP contribution is 2.19. The van der Waals surface area contributed by atoms with Crippen LogP contribution in [0.5, 0.6) is 0 Å². The molecular formula is C15H21N5O4. The van der Waals surface area contributed by atoms with Crippen LogP contribution in [0.1, 0.15) is 37.6 Å². The zero-order valence-corrected chi connectivity index (χ0v) is 13.8. The lowest BCUT2D eigenvalue weighted by Gasteiger charge is -2.21. The second kappa shape index (κ2) is 6.83. The Morgan fingerprint density at radius 2 is 2.08 bits per heavy atom. The van der Waals surface area contributed by atoms with E-state index in [2.05, 4.69) is 15.8 Å². The molecule has 1 aromatic heterocycles. The molecule has 1 aliphatic rings. The average molecular weight is 335 g/mol. The van der Waals surface area contributed by atoms with Crippen LogP contribution in [0.2, 0.25) is 0 Å². The number of carbonyl (C=O) groups excluding carboxylic acids is 3. The summed E-state index contributed by atoms with van der Waals surface area (Å²) in [5, 5.41) is 0. The van der Waals surface area contributed by atoms with Gasteiger partial charge in [-0.25, -0.2) is 15.2 Å². The first-order valence-electron chi connectivity index (χ1n) is 7.49. The van der Waals surface area contributed by atoms with Gasteiger partial charge in [-0.15, -0.1) is 0 Å². The molecule has 0 aliphatic carbocycles. The van der Waals surface area contributed by atoms with Gasteiger partial charge in [-0.2, -0.15) is 0 Å². The molecule has 1 saturated heterocycles. The number of nitrogens with zero attached hydrogens (tertiary/aromatic N) is 2. The van der Waals surface area contributed by atoms with Crippen molar-refractivity contribution in [3.8, 4) is 0 Å². The van der Waals surface area contributed by atoms with Gasteiger partial charge in [0.15, 0.2) is 0 Å². The van der Waals surface area contributed by atoms with E-state index in [4.69, 9.17) is 10.5 Å². The number of hydrogen-bond acceptors (Lipinski definition) is 6. The molecular weight excluding hydrogens is 314 g/mol. The third-order valence-electron chi connectivity index (χ3n) is 3.26. The van der Waals surface area contributed by atoms with E-state index >= 15 is 0 Å². The van der Waals surface area contributed by atoms with E-state index in [0.29, 0.717) is 18.8 Å². The molecule has 0 spiro atoms. The number of hydrazine groups is 1. The summed E-state index contributed by atoms with van der Waals surface area (Å²) in [5.41, 5.74) is 9.84. The number of rotatable bonds is 4. The molecule has 24 heavy (non-hydrogen) atoms. The minimum Gasteiger partial charge on any atom is -0.443 e. The lowest BCUT2D eigenvalue weighted by atomic mass is 10.2. The van der Waals surface area contributed by atoms with E-state index in [1.54, 1.807) is 26.8 Å². The van der Waals surface area contributed by atoms with Crippen molar-refractivity contribution in [2.24, 2.45) is 5.73 Å². The van der Waals surface area contributed by atoms with Gasteiger partial charge < -0.3 is 10.5 Å². The molecule has 130 valence electrons. The lowest BCUT2D eigenvalue weighted by Crippen LogP contribution is -2.49. The predicted molar refractivity (Wildman–Crippen MR) is 86.0 cm³/mol. The smallest absolute Gasteiger partial charge is 0.422 e. The van der Waals surface area contributed by atoms with Crippen molar-refractivity contribution in [2.45, 2.75) is 38.8 Å². The first-order chi connectivity index (χ1) is 11.2. The molecule has 2 heterocycles. The van der Waals surface area contributed by atoms with Crippen LogP contribution in [0, 0.1) is 0 Å². The number of nitrogens with two attached hydrogens (primary N) is 1. The number of primary amides is 1. The topological polar surface area (TPSA) is 127 Å². The van der Waals surface area contributed by atoms with Gasteiger partial charge in [0.2, 0.25) is 11.8 Å². The fourth-order valence-corrected chi connectivity index (χ4v) is 2.18. The minimum atomic E-state index is -0.655. The summed E-state index contributed by atoms with van der Waals surface area (Å²) >= 11 is 0. The molecule has 0 radical (unpaired) electrons. The van der Waals surface area contributed by atoms with E-state index < -0.39 is 23.6 Å². The Balaban J connectivity index is 1.92. The average Bonchev–Trinajstić information content (AvgIpc) is 2.84. The number of ether oxygens (including phenoxy) is 1. The van der Waals surface area contributed by atoms with Gasteiger partial charge in [-0.1, -0.05) is 0 Å². The number of hydrogen-bond donors (Lipinski definition) is 3. The van der Waals surface area contributed by atoms with E-state index in [9.17, 15) is 14.4 Å². The van der Waals surface area contributed by atoms with Gasteiger partial charge in [0.25, 0.3) is 0 Å². The van der Waals surface area contributed by atoms with Gasteiger partial charge in [-0.05, 0) is 39.3 Å². The van der Waals surface area contributed by atoms with Crippen molar-refractivity contribution < 1.29 is 19.1 Å². The molecule has 0 unspecified atom stereocenters. The van der Waals surface area contributed by atoms with Gasteiger partial charge in [-0.3, -0.25) is 19.9 Å². The molecule has 3 amide bonds. The Hall–Kier alpha value is -2.68. The molecule has 0 saturated carbocycles. The summed E-state index contributed by atoms with van der Waals surface area (Å²) in [7, 11) is 0. The third kappa shape index (κ3) is 4.42. The highest BCUT2D eigenvalue weighted by molar-refractivity contribution is 5.99. The van der Waals surface area contributed by atoms with Crippen LogP contribution in [0.4, 0.5) is 10.6 Å². The molecule has 1 fully saturated rings. The monoisotopic (exact) mass is 335 g/mol. The van der Waals surface area contributed by atoms with E-state index in [-0.39, 0.29) is 11.5 Å². The van der Waals surface area contributed by atoms with Crippen molar-refractivity contribution in [3.05, 3.63) is 23.9 Å². The van der Waals surface area contributed by atoms with Crippen molar-refractivity contribution in [2.75, 3.05) is 11.4 Å². The Labute approximate surface area is 139 Å². The van der Waals surface area contributed by atoms with Crippen molar-refractivity contribution in [3.63, 3.8) is 0 Å². The number of carbonyl (C=O) groups is 3. The number of nitrogens with one attached hydrogen (secondary N) is 2. The Kier molecular flexibility index (Phi) is 5.03. The lowest BCUT2D eigenvalue weighted by molar-refractivity contribution is -0.119. The van der Waals surface area contributed by atoms with Crippen LogP contribution in [0.3, 0.4) is 0 Å². The van der Waals surface area contributed by atoms with E-state index in [0.717, 1.165) is 0 Å². The van der Waals surface area contributed by atoms with Crippen LogP contribution < -0.4 is 21.5 Å². The first kappa shape index (κ1) is 17.7. The highest BCUT2D eigenvalue weighted by Gasteiger charge is 2.33. The van der Waals surface area contributed by atoms with Crippen LogP contribution in [-0.4, -0.2) is 41.1 Å². The first-order valence-corrected chi connectivity index (χ1v) is 7.49. The molecule has 2 rings (SSSR count). The Bertz CT molecular complexity index is 638. The molecule has 0 aromatic carbocycles. The van der Waals surface area contributed by atoms with Crippen molar-refractivity contribution in [1.82, 2.24) is 15.8 Å². The molecule has 1 aromatic rings. The summed E-state index contributed by atoms with van der Waals surface area (Å²) in [5.74, 6) is -0.389. The van der Waals surface area contributed by atoms with E-state index in [1.165, 1.54) is 17.2 Å². The largest absolute Gasteiger partial charge is 0.443 e. The number of anilines is 1. The van der Waals surface area contributed by atoms with Gasteiger partial charge in [0.05, 0.1) is 5.56 Å². The summed E-state index contributed by atoms with van der Waals surface area (Å²) in [6, 6.07) is 2.49. The number of pyridine rings is 1. The molecule has 9 nitrogen and oxygen atoms in total. The zero-order valence-electron chi connectivity index (χ0n) is 13.8. The summed E-state index contributed by atoms with van der Waals surface area (Å²) < 4.78 is 5.09. The number of aromatic nitrogens is 1. The molecule has 1 atom stereocenters. The molecule has 9 heteroatoms. The van der Waals surface area contributed by atoms with Crippen LogP contribution in [0.15, 0.2) is 18.3 Å². The molecule has 1 aliphatic heterocycles. The normalized spacial score (nSPS) is 17.7. The maximum atomic E-state index is 12.4. The van der Waals surface area contributed by atoms with E-state index in [1.807, 2.05) is 0 Å². The number of amides is 3. The van der Waals surface area contributed by atoms with Gasteiger partial charge in [0.1, 0.15) is 17.5 Å². The van der Waals surface area contributed by atoms with Crippen LogP contribution in [0.25, 0.3) is 0 Å². The second-order valence-electron chi connectivity index (χ2n) is 6.37. The summed E-state index contributed by atoms with van der Waals surface area (Å²) in [6.45, 7) is 5.68. The second-order valence-corrected chi connectivity index (χ2v) is 6.37. The quantitative estimate of drug-likeness (QED) is 0.680. The molecule has 0 bridgehead atoms. The fourth-order valence-electron chi connectivity index (χ4n) is 2.18. The summed E-state index contributed by atoms with van der Waals surface area (Å²) in [4.78, 5) is 40.5. The SMILES string of the molecule is CC(C)(C)OC(=O)NN[C@H]1CCN(c2ccc(C(N)=O)cn2)C1=O. The summed E-state index contributed by atoms with van der Waals surface area (Å²) in [6.07, 6.45) is 1.16. The predicted octanol–water partition coefficient (Wildman–Crippen LogP) is 0.315. The van der Waals surface area contributed by atoms with Gasteiger partial charge in [0, 0.05) is 12.7 Å². The Morgan fingerprint density at radius 1 is 1.38 bits per heavy atom. The van der Waals surface area contributed by atoms with Crippen molar-refractivity contribution in [1.29, 1.82) is 0 Å². The van der Waals surface area contributed by atoms with Crippen molar-refractivity contribution >= 4 is 23.7 Å². The fraction of sp³-hybridized carbons (Fsp3) is 0.467. The minimum absolute atomic E-state index is 0.231. The third-order valence-corrected chi connectivity index (χ3v) is 3.26. The van der Waals surface area contributed by atoms with Crippen LogP contribution >= 0.6 is 0 Å². The highest BCUT2D eigenvalue weighted by atomic mass is 16.6. The maximum Gasteiger partial charge on any atom is 0.422 e. The molecule has 4 N–H and O–H groups in total. The standard InChI is InChI=1S/C15H21N5O4/c1-15(2,3)24-14(23)19-18-10-6-7-20(13(10)22)11-5-4-9(8-17-11)12(16)21/h4-5,8,10,18H,6-7H2,1-3H3,(H2,16,21)(H,19,23)/t10-/m0/s1. The van der Waals surface area contributed by atoms with Crippen LogP contribution in [-0.2, 0) is 9.53 Å². The Morgan fingerprint density at radius 3 is 2.62 bits per heavy atom. The van der Waals surface area contributed by atoms with Gasteiger partial charge >= 0.3 is 6.09 Å². The maximum absolute atomic E-state index is 12.4.